The number of benzene rings is 4. The highest BCUT2D eigenvalue weighted by molar-refractivity contribution is 6.29. The molecule has 0 aliphatic rings. The number of aryl methyl sites for hydroxylation is 2. The van der Waals surface area contributed by atoms with E-state index in [1.165, 1.54) is 0 Å². The molecule has 2 aromatic heterocycles. The average molecular weight is 415 g/mol. The number of carbonyl (C=O) groups excluding carboxylic acids is 1. The number of pyridine rings is 2. The van der Waals surface area contributed by atoms with Crippen molar-refractivity contribution in [3.05, 3.63) is 108 Å². The van der Waals surface area contributed by atoms with Crippen LogP contribution in [0.2, 0.25) is 0 Å². The summed E-state index contributed by atoms with van der Waals surface area (Å²) in [6.07, 6.45) is 0. The Morgan fingerprint density at radius 2 is 0.719 bits per heavy atom. The lowest BCUT2D eigenvalue weighted by Crippen LogP contribution is -2.32. The Bertz CT molecular complexity index is 1480. The summed E-state index contributed by atoms with van der Waals surface area (Å²) in [5.41, 5.74) is 5.71. The number of carbonyl (C=O) groups is 1. The molecule has 0 spiro atoms. The number of hydrogen-bond acceptors (Lipinski definition) is 1. The molecule has 0 aliphatic carbocycles. The predicted octanol–water partition coefficient (Wildman–Crippen LogP) is 5.18. The van der Waals surface area contributed by atoms with Crippen LogP contribution in [0.25, 0.3) is 43.6 Å². The number of ketones is 1. The summed E-state index contributed by atoms with van der Waals surface area (Å²) in [7, 11) is 4.12. The number of rotatable bonds is 2. The van der Waals surface area contributed by atoms with Crippen molar-refractivity contribution in [3.8, 4) is 0 Å². The zero-order valence-corrected chi connectivity index (χ0v) is 18.0. The van der Waals surface area contributed by atoms with Crippen LogP contribution in [0.3, 0.4) is 0 Å². The minimum absolute atomic E-state index is 0.0611. The second-order valence-electron chi connectivity index (χ2n) is 8.27. The normalized spacial score (nSPS) is 11.6. The van der Waals surface area contributed by atoms with Crippen molar-refractivity contribution in [2.24, 2.45) is 14.1 Å². The maximum Gasteiger partial charge on any atom is 0.213 e. The Kier molecular flexibility index (Phi) is 4.05. The molecule has 0 unspecified atom stereocenters. The van der Waals surface area contributed by atoms with E-state index in [-0.39, 0.29) is 5.78 Å². The molecule has 0 atom stereocenters. The summed E-state index contributed by atoms with van der Waals surface area (Å²) in [6, 6.07) is 32.7. The minimum Gasteiger partial charge on any atom is -0.289 e. The van der Waals surface area contributed by atoms with E-state index in [1.54, 1.807) is 0 Å². The van der Waals surface area contributed by atoms with Gasteiger partial charge in [0.2, 0.25) is 22.1 Å². The lowest BCUT2D eigenvalue weighted by atomic mass is 9.90. The molecule has 6 rings (SSSR count). The third-order valence-corrected chi connectivity index (χ3v) is 6.59. The molecule has 2 heterocycles. The van der Waals surface area contributed by atoms with Crippen LogP contribution < -0.4 is 9.13 Å². The molecule has 0 N–H and O–H groups in total. The van der Waals surface area contributed by atoms with Gasteiger partial charge in [0, 0.05) is 24.3 Å². The van der Waals surface area contributed by atoms with Crippen LogP contribution in [-0.4, -0.2) is 5.78 Å². The van der Waals surface area contributed by atoms with Gasteiger partial charge in [-0.1, -0.05) is 48.5 Å². The van der Waals surface area contributed by atoms with Crippen LogP contribution in [0.4, 0.5) is 0 Å². The number of para-hydroxylation sites is 4. The highest BCUT2D eigenvalue weighted by Crippen LogP contribution is 2.32. The Hall–Kier alpha value is -4.11. The van der Waals surface area contributed by atoms with Gasteiger partial charge in [-0.05, 0) is 24.3 Å². The van der Waals surface area contributed by atoms with Crippen LogP contribution in [0.15, 0.2) is 97.1 Å². The lowest BCUT2D eigenvalue weighted by molar-refractivity contribution is -0.617. The van der Waals surface area contributed by atoms with E-state index in [0.717, 1.165) is 54.7 Å². The maximum absolute atomic E-state index is 14.5. The first kappa shape index (κ1) is 18.6. The van der Waals surface area contributed by atoms with Gasteiger partial charge < -0.3 is 0 Å². The molecule has 6 aromatic rings. The first-order valence-corrected chi connectivity index (χ1v) is 10.8. The molecular formula is C29H22N2O+2. The van der Waals surface area contributed by atoms with Gasteiger partial charge in [-0.2, -0.15) is 9.13 Å². The maximum atomic E-state index is 14.5. The Morgan fingerprint density at radius 1 is 0.469 bits per heavy atom. The van der Waals surface area contributed by atoms with Crippen molar-refractivity contribution < 1.29 is 13.9 Å². The van der Waals surface area contributed by atoms with E-state index in [1.807, 2.05) is 48.5 Å². The Balaban J connectivity index is 1.82. The second-order valence-corrected chi connectivity index (χ2v) is 8.27. The van der Waals surface area contributed by atoms with Gasteiger partial charge in [-0.15, -0.1) is 0 Å². The van der Waals surface area contributed by atoms with Gasteiger partial charge in [0.05, 0.1) is 32.7 Å². The molecule has 0 aliphatic heterocycles. The van der Waals surface area contributed by atoms with Crippen LogP contribution >= 0.6 is 0 Å². The van der Waals surface area contributed by atoms with Crippen molar-refractivity contribution in [1.29, 1.82) is 0 Å². The van der Waals surface area contributed by atoms with Gasteiger partial charge in [-0.3, -0.25) is 4.79 Å². The van der Waals surface area contributed by atoms with E-state index in [4.69, 9.17) is 0 Å². The topological polar surface area (TPSA) is 24.8 Å². The van der Waals surface area contributed by atoms with E-state index < -0.39 is 0 Å². The highest BCUT2D eigenvalue weighted by atomic mass is 16.1. The summed E-state index contributed by atoms with van der Waals surface area (Å²) in [5.74, 6) is 0.0611. The quantitative estimate of drug-likeness (QED) is 0.218. The lowest BCUT2D eigenvalue weighted by Gasteiger charge is -2.13. The van der Waals surface area contributed by atoms with Crippen LogP contribution in [-0.2, 0) is 14.1 Å². The van der Waals surface area contributed by atoms with Gasteiger partial charge >= 0.3 is 0 Å². The molecule has 0 bridgehead atoms. The molecular weight excluding hydrogens is 392 g/mol. The molecule has 0 fully saturated rings. The molecule has 3 heteroatoms. The molecule has 32 heavy (non-hydrogen) atoms. The van der Waals surface area contributed by atoms with Crippen molar-refractivity contribution in [1.82, 2.24) is 0 Å². The molecule has 3 nitrogen and oxygen atoms in total. The van der Waals surface area contributed by atoms with Crippen LogP contribution in [0, 0.1) is 0 Å². The van der Waals surface area contributed by atoms with Crippen LogP contribution in [0.1, 0.15) is 15.9 Å². The third-order valence-electron chi connectivity index (χ3n) is 6.59. The van der Waals surface area contributed by atoms with Gasteiger partial charge in [0.15, 0.2) is 5.78 Å². The fraction of sp³-hybridized carbons (Fsp3) is 0.0690. The summed E-state index contributed by atoms with van der Waals surface area (Å²) >= 11 is 0. The average Bonchev–Trinajstić information content (AvgIpc) is 2.85. The van der Waals surface area contributed by atoms with E-state index in [0.29, 0.717) is 0 Å². The van der Waals surface area contributed by atoms with Gasteiger partial charge in [0.1, 0.15) is 14.1 Å². The van der Waals surface area contributed by atoms with Gasteiger partial charge in [0.25, 0.3) is 0 Å². The molecule has 4 aromatic carbocycles. The Morgan fingerprint density at radius 3 is 1.00 bits per heavy atom. The summed E-state index contributed by atoms with van der Waals surface area (Å²) in [6.45, 7) is 0. The second kappa shape index (κ2) is 6.96. The number of nitrogens with zero attached hydrogens (tertiary/aromatic N) is 2. The first-order valence-electron chi connectivity index (χ1n) is 10.8. The molecule has 0 radical (unpaired) electrons. The van der Waals surface area contributed by atoms with Crippen molar-refractivity contribution in [3.63, 3.8) is 0 Å². The van der Waals surface area contributed by atoms with Gasteiger partial charge in [-0.25, -0.2) is 0 Å². The molecule has 152 valence electrons. The summed E-state index contributed by atoms with van der Waals surface area (Å²) in [4.78, 5) is 14.5. The van der Waals surface area contributed by atoms with Crippen molar-refractivity contribution >= 4 is 49.4 Å². The largest absolute Gasteiger partial charge is 0.289 e. The smallest absolute Gasteiger partial charge is 0.213 e. The monoisotopic (exact) mass is 414 g/mol. The highest BCUT2D eigenvalue weighted by Gasteiger charge is 2.28. The van der Waals surface area contributed by atoms with E-state index in [9.17, 15) is 4.79 Å². The minimum atomic E-state index is 0.0611. The summed E-state index contributed by atoms with van der Waals surface area (Å²) in [5, 5.41) is 3.89. The predicted molar refractivity (Wildman–Crippen MR) is 129 cm³/mol. The third kappa shape index (κ3) is 2.51. The van der Waals surface area contributed by atoms with Crippen molar-refractivity contribution in [2.45, 2.75) is 0 Å². The number of fused-ring (bicyclic) bond motifs is 4. The zero-order chi connectivity index (χ0) is 21.8. The van der Waals surface area contributed by atoms with E-state index in [2.05, 4.69) is 71.8 Å². The SMILES string of the molecule is C[n+]1c2ccccc2c(C(=O)c2c3ccccc3[n+](C)c3ccccc23)c2ccccc21. The first-order chi connectivity index (χ1) is 15.7. The standard InChI is InChI=1S/C29H22N2O/c1-30-23-15-7-3-11-19(23)27(20-12-4-8-16-24(20)30)29(32)28-21-13-5-9-17-25(21)31(2)26-18-10-6-14-22(26)28/h3-18H,1-2H3/q+2. The number of hydrogen-bond donors (Lipinski definition) is 0. The molecule has 0 saturated heterocycles. The molecule has 0 amide bonds. The fourth-order valence-electron chi connectivity index (χ4n) is 5.07. The zero-order valence-electron chi connectivity index (χ0n) is 18.0. The Labute approximate surface area is 185 Å². The van der Waals surface area contributed by atoms with Crippen LogP contribution in [0.5, 0.6) is 0 Å². The number of aromatic nitrogens is 2. The van der Waals surface area contributed by atoms with E-state index >= 15 is 0 Å². The van der Waals surface area contributed by atoms with Crippen molar-refractivity contribution in [2.75, 3.05) is 0 Å². The summed E-state index contributed by atoms with van der Waals surface area (Å²) < 4.78 is 4.34. The fourth-order valence-corrected chi connectivity index (χ4v) is 5.07. The molecule has 0 saturated carbocycles.